The molecule has 1 aromatic carbocycles. The normalized spacial score (nSPS) is 25.4. The van der Waals surface area contributed by atoms with Crippen LogP contribution in [0.2, 0.25) is 0 Å². The molecule has 1 fully saturated rings. The second-order valence-electron chi connectivity index (χ2n) is 4.86. The van der Waals surface area contributed by atoms with E-state index in [2.05, 4.69) is 42.3 Å². The fourth-order valence-electron chi connectivity index (χ4n) is 2.89. The zero-order chi connectivity index (χ0) is 10.3. The Labute approximate surface area is 91.4 Å². The first kappa shape index (κ1) is 9.17. The molecule has 0 saturated carbocycles. The number of benzene rings is 1. The lowest BCUT2D eigenvalue weighted by molar-refractivity contribution is 0.366. The number of rotatable bonds is 0. The molecule has 2 aliphatic rings. The second kappa shape index (κ2) is 3.49. The summed E-state index contributed by atoms with van der Waals surface area (Å²) in [5.74, 6) is 0.770. The zero-order valence-corrected chi connectivity index (χ0v) is 9.24. The van der Waals surface area contributed by atoms with Gasteiger partial charge in [0.25, 0.3) is 0 Å². The number of likely N-dealkylation sites (N-methyl/N-ethyl adjacent to an activating group) is 1. The molecule has 78 valence electrons. The Hall–Kier alpha value is -1.08. The van der Waals surface area contributed by atoms with Gasteiger partial charge in [0.1, 0.15) is 0 Å². The highest BCUT2D eigenvalue weighted by Gasteiger charge is 2.24. The number of likely N-dealkylation sites (tertiary alicyclic amines) is 1. The van der Waals surface area contributed by atoms with Gasteiger partial charge in [-0.15, -0.1) is 0 Å². The van der Waals surface area contributed by atoms with E-state index in [0.29, 0.717) is 0 Å². The maximum atomic E-state index is 2.44. The summed E-state index contributed by atoms with van der Waals surface area (Å²) in [6.45, 7) is 2.39. The average Bonchev–Trinajstić information content (AvgIpc) is 2.39. The van der Waals surface area contributed by atoms with Gasteiger partial charge < -0.3 is 4.90 Å². The molecule has 1 heteroatoms. The largest absolute Gasteiger partial charge is 0.302 e. The number of nitrogens with zero attached hydrogens (tertiary/aromatic N) is 1. The molecule has 15 heavy (non-hydrogen) atoms. The second-order valence-corrected chi connectivity index (χ2v) is 4.86. The first-order valence-corrected chi connectivity index (χ1v) is 5.80. The van der Waals surface area contributed by atoms with E-state index < -0.39 is 0 Å². The van der Waals surface area contributed by atoms with Crippen molar-refractivity contribution in [3.05, 3.63) is 41.0 Å². The van der Waals surface area contributed by atoms with Crippen LogP contribution in [0.25, 0.3) is 6.08 Å². The molecule has 0 aromatic heterocycles. The number of fused-ring (bicyclic) bond motifs is 4. The van der Waals surface area contributed by atoms with E-state index in [-0.39, 0.29) is 0 Å². The summed E-state index contributed by atoms with van der Waals surface area (Å²) in [4.78, 5) is 2.44. The fraction of sp³-hybridized carbons (Fsp3) is 0.429. The van der Waals surface area contributed by atoms with Crippen molar-refractivity contribution in [1.82, 2.24) is 4.90 Å². The lowest BCUT2D eigenvalue weighted by atomic mass is 9.82. The SMILES string of the molecule is CN1CCC2CC(=Cc3ccccc32)C1. The third-order valence-electron chi connectivity index (χ3n) is 3.64. The van der Waals surface area contributed by atoms with E-state index >= 15 is 0 Å². The average molecular weight is 199 g/mol. The topological polar surface area (TPSA) is 3.24 Å². The van der Waals surface area contributed by atoms with E-state index in [1.807, 2.05) is 0 Å². The predicted octanol–water partition coefficient (Wildman–Crippen LogP) is 2.89. The number of hydrogen-bond acceptors (Lipinski definition) is 1. The Kier molecular flexibility index (Phi) is 2.14. The highest BCUT2D eigenvalue weighted by Crippen LogP contribution is 2.37. The maximum absolute atomic E-state index is 2.44. The molecule has 0 amide bonds. The van der Waals surface area contributed by atoms with Gasteiger partial charge in [0, 0.05) is 6.54 Å². The van der Waals surface area contributed by atoms with E-state index in [1.54, 1.807) is 11.1 Å². The molecule has 0 N–H and O–H groups in total. The van der Waals surface area contributed by atoms with Gasteiger partial charge in [-0.2, -0.15) is 0 Å². The van der Waals surface area contributed by atoms with Crippen molar-refractivity contribution in [3.63, 3.8) is 0 Å². The molecular formula is C14H17N. The van der Waals surface area contributed by atoms with Crippen LogP contribution in [0.5, 0.6) is 0 Å². The lowest BCUT2D eigenvalue weighted by Gasteiger charge is -2.22. The quantitative estimate of drug-likeness (QED) is 0.621. The van der Waals surface area contributed by atoms with Crippen molar-refractivity contribution in [2.75, 3.05) is 20.1 Å². The van der Waals surface area contributed by atoms with Crippen molar-refractivity contribution in [2.24, 2.45) is 0 Å². The molecule has 1 heterocycles. The van der Waals surface area contributed by atoms with E-state index in [0.717, 1.165) is 12.5 Å². The van der Waals surface area contributed by atoms with E-state index in [1.165, 1.54) is 24.9 Å². The minimum atomic E-state index is 0.770. The third kappa shape index (κ3) is 1.61. The highest BCUT2D eigenvalue weighted by molar-refractivity contribution is 5.61. The predicted molar refractivity (Wildman–Crippen MR) is 63.9 cm³/mol. The summed E-state index contributed by atoms with van der Waals surface area (Å²) in [6.07, 6.45) is 4.99. The van der Waals surface area contributed by atoms with Crippen LogP contribution in [0.1, 0.15) is 29.9 Å². The van der Waals surface area contributed by atoms with Gasteiger partial charge in [-0.1, -0.05) is 35.9 Å². The summed E-state index contributed by atoms with van der Waals surface area (Å²) in [5, 5.41) is 0. The van der Waals surface area contributed by atoms with Gasteiger partial charge in [0.15, 0.2) is 0 Å². The van der Waals surface area contributed by atoms with Gasteiger partial charge in [0.2, 0.25) is 0 Å². The first-order chi connectivity index (χ1) is 7.33. The summed E-state index contributed by atoms with van der Waals surface area (Å²) in [5.41, 5.74) is 4.63. The summed E-state index contributed by atoms with van der Waals surface area (Å²) < 4.78 is 0. The smallest absolute Gasteiger partial charge is 0.0193 e. The van der Waals surface area contributed by atoms with Crippen LogP contribution in [0.4, 0.5) is 0 Å². The van der Waals surface area contributed by atoms with Crippen molar-refractivity contribution in [2.45, 2.75) is 18.8 Å². The minimum absolute atomic E-state index is 0.770. The molecule has 1 aliphatic heterocycles. The summed E-state index contributed by atoms with van der Waals surface area (Å²) in [6, 6.07) is 8.88. The molecular weight excluding hydrogens is 182 g/mol. The third-order valence-corrected chi connectivity index (χ3v) is 3.64. The van der Waals surface area contributed by atoms with Gasteiger partial charge in [-0.05, 0) is 43.5 Å². The van der Waals surface area contributed by atoms with Gasteiger partial charge >= 0.3 is 0 Å². The molecule has 2 bridgehead atoms. The Morgan fingerprint density at radius 3 is 3.07 bits per heavy atom. The van der Waals surface area contributed by atoms with E-state index in [9.17, 15) is 0 Å². The van der Waals surface area contributed by atoms with Crippen LogP contribution < -0.4 is 0 Å². The molecule has 1 atom stereocenters. The molecule has 0 spiro atoms. The van der Waals surface area contributed by atoms with Crippen LogP contribution >= 0.6 is 0 Å². The summed E-state index contributed by atoms with van der Waals surface area (Å²) >= 11 is 0. The van der Waals surface area contributed by atoms with Gasteiger partial charge in [0.05, 0.1) is 0 Å². The van der Waals surface area contributed by atoms with Crippen LogP contribution in [0, 0.1) is 0 Å². The Balaban J connectivity index is 2.07. The van der Waals surface area contributed by atoms with Gasteiger partial charge in [-0.25, -0.2) is 0 Å². The van der Waals surface area contributed by atoms with Crippen molar-refractivity contribution in [3.8, 4) is 0 Å². The molecule has 1 aliphatic carbocycles. The molecule has 0 radical (unpaired) electrons. The van der Waals surface area contributed by atoms with Crippen LogP contribution in [0.15, 0.2) is 29.8 Å². The molecule has 3 rings (SSSR count). The first-order valence-electron chi connectivity index (χ1n) is 5.80. The standard InChI is InChI=1S/C14H17N/c1-15-7-6-13-9-11(10-15)8-12-4-2-3-5-14(12)13/h2-5,8,13H,6-7,9-10H2,1H3. The molecule has 1 aromatic rings. The zero-order valence-electron chi connectivity index (χ0n) is 9.24. The Bertz CT molecular complexity index is 406. The Morgan fingerprint density at radius 1 is 1.27 bits per heavy atom. The monoisotopic (exact) mass is 199 g/mol. The van der Waals surface area contributed by atoms with Crippen molar-refractivity contribution < 1.29 is 0 Å². The molecule has 1 nitrogen and oxygen atoms in total. The highest BCUT2D eigenvalue weighted by atomic mass is 15.1. The van der Waals surface area contributed by atoms with Crippen LogP contribution in [-0.2, 0) is 0 Å². The van der Waals surface area contributed by atoms with E-state index in [4.69, 9.17) is 0 Å². The maximum Gasteiger partial charge on any atom is 0.0193 e. The minimum Gasteiger partial charge on any atom is -0.302 e. The Morgan fingerprint density at radius 2 is 2.13 bits per heavy atom. The summed E-state index contributed by atoms with van der Waals surface area (Å²) in [7, 11) is 2.23. The molecule has 1 saturated heterocycles. The lowest BCUT2D eigenvalue weighted by Crippen LogP contribution is -2.19. The van der Waals surface area contributed by atoms with Gasteiger partial charge in [-0.3, -0.25) is 0 Å². The van der Waals surface area contributed by atoms with Crippen LogP contribution in [-0.4, -0.2) is 25.0 Å². The molecule has 1 unspecified atom stereocenters. The van der Waals surface area contributed by atoms with Crippen molar-refractivity contribution in [1.29, 1.82) is 0 Å². The van der Waals surface area contributed by atoms with Crippen molar-refractivity contribution >= 4 is 6.08 Å². The van der Waals surface area contributed by atoms with Crippen LogP contribution in [0.3, 0.4) is 0 Å². The fourth-order valence-corrected chi connectivity index (χ4v) is 2.89. The number of hydrogen-bond donors (Lipinski definition) is 0.